The molecule has 0 radical (unpaired) electrons. The maximum atomic E-state index is 12.0. The minimum Gasteiger partial charge on any atom is -0.390 e. The number of nitrogens with one attached hydrogen (secondary N) is 1. The summed E-state index contributed by atoms with van der Waals surface area (Å²) in [5, 5.41) is 23.4. The third-order valence-corrected chi connectivity index (χ3v) is 2.94. The Hall–Kier alpha value is -3.13. The Morgan fingerprint density at radius 1 is 1.39 bits per heavy atom. The van der Waals surface area contributed by atoms with Gasteiger partial charge in [0.1, 0.15) is 12.2 Å². The number of pyridine rings is 1. The van der Waals surface area contributed by atoms with Crippen molar-refractivity contribution in [2.75, 3.05) is 6.61 Å². The fraction of sp³-hybridized carbons (Fsp3) is 0.133. The van der Waals surface area contributed by atoms with Gasteiger partial charge in [0.15, 0.2) is 18.9 Å². The predicted octanol–water partition coefficient (Wildman–Crippen LogP) is 0.639. The smallest absolute Gasteiger partial charge is 0.277 e. The van der Waals surface area contributed by atoms with Crippen LogP contribution in [0, 0.1) is 10.1 Å². The van der Waals surface area contributed by atoms with E-state index in [0.717, 1.165) is 0 Å². The summed E-state index contributed by atoms with van der Waals surface area (Å²) in [7, 11) is 0. The third kappa shape index (κ3) is 4.68. The van der Waals surface area contributed by atoms with Gasteiger partial charge in [-0.05, 0) is 6.07 Å². The molecule has 0 aliphatic heterocycles. The number of hydrogen-bond acceptors (Lipinski definition) is 5. The molecule has 0 fully saturated rings. The number of hydrazone groups is 1. The molecule has 0 bridgehead atoms. The summed E-state index contributed by atoms with van der Waals surface area (Å²) in [5.74, 6) is -0.418. The van der Waals surface area contributed by atoms with Crippen molar-refractivity contribution in [2.24, 2.45) is 5.10 Å². The largest absolute Gasteiger partial charge is 0.390 e. The zero-order valence-corrected chi connectivity index (χ0v) is 12.1. The van der Waals surface area contributed by atoms with Crippen LogP contribution in [0.25, 0.3) is 0 Å². The Morgan fingerprint density at radius 3 is 2.96 bits per heavy atom. The molecule has 2 rings (SSSR count). The van der Waals surface area contributed by atoms with Crippen molar-refractivity contribution in [1.29, 1.82) is 0 Å². The first-order valence-corrected chi connectivity index (χ1v) is 6.78. The number of hydrogen-bond donors (Lipinski definition) is 2. The molecule has 0 aliphatic carbocycles. The highest BCUT2D eigenvalue weighted by atomic mass is 16.6. The normalized spacial score (nSPS) is 10.7. The monoisotopic (exact) mass is 315 g/mol. The zero-order valence-electron chi connectivity index (χ0n) is 12.1. The quantitative estimate of drug-likeness (QED) is 0.353. The lowest BCUT2D eigenvalue weighted by atomic mass is 10.2. The summed E-state index contributed by atoms with van der Waals surface area (Å²) >= 11 is 0. The molecule has 1 aromatic carbocycles. The van der Waals surface area contributed by atoms with Crippen LogP contribution in [0.4, 0.5) is 5.69 Å². The number of nitrogens with zero attached hydrogens (tertiary/aromatic N) is 3. The average Bonchev–Trinajstić information content (AvgIpc) is 2.55. The lowest BCUT2D eigenvalue weighted by Crippen LogP contribution is -2.36. The summed E-state index contributed by atoms with van der Waals surface area (Å²) < 4.78 is 1.68. The van der Waals surface area contributed by atoms with E-state index >= 15 is 0 Å². The standard InChI is InChI=1S/C15H14N4O4/c20-8-7-18-6-2-4-13(11-18)15(21)17-16-10-12-3-1-5-14(9-12)19(22)23/h1-6,9-11,20H,7-8H2/p+1/b16-10-. The van der Waals surface area contributed by atoms with Crippen molar-refractivity contribution in [3.8, 4) is 0 Å². The van der Waals surface area contributed by atoms with E-state index in [9.17, 15) is 14.9 Å². The molecular formula is C15H15N4O4+. The summed E-state index contributed by atoms with van der Waals surface area (Å²) in [6.45, 7) is 0.360. The second kappa shape index (κ2) is 7.76. The van der Waals surface area contributed by atoms with E-state index in [2.05, 4.69) is 10.5 Å². The van der Waals surface area contributed by atoms with Gasteiger partial charge in [0, 0.05) is 23.8 Å². The van der Waals surface area contributed by atoms with Crippen molar-refractivity contribution < 1.29 is 19.4 Å². The zero-order chi connectivity index (χ0) is 16.7. The molecule has 2 aromatic rings. The Balaban J connectivity index is 2.02. The summed E-state index contributed by atoms with van der Waals surface area (Å²) in [6.07, 6.45) is 4.66. The highest BCUT2D eigenvalue weighted by Gasteiger charge is 2.09. The second-order valence-electron chi connectivity index (χ2n) is 4.61. The number of aromatic nitrogens is 1. The Bertz CT molecular complexity index is 746. The minimum absolute atomic E-state index is 0.0271. The molecule has 0 unspecified atom stereocenters. The van der Waals surface area contributed by atoms with Crippen molar-refractivity contribution in [2.45, 2.75) is 6.54 Å². The number of carbonyl (C=O) groups is 1. The summed E-state index contributed by atoms with van der Waals surface area (Å²) in [5.41, 5.74) is 3.19. The fourth-order valence-corrected chi connectivity index (χ4v) is 1.86. The SMILES string of the molecule is O=C(N/N=C\c1cccc([N+](=O)[O-])c1)c1ccc[n+](CCO)c1. The van der Waals surface area contributed by atoms with E-state index in [1.807, 2.05) is 0 Å². The molecule has 8 nitrogen and oxygen atoms in total. The number of amides is 1. The Morgan fingerprint density at radius 2 is 2.22 bits per heavy atom. The van der Waals surface area contributed by atoms with Gasteiger partial charge in [-0.3, -0.25) is 14.9 Å². The molecule has 8 heteroatoms. The molecule has 1 aromatic heterocycles. The van der Waals surface area contributed by atoms with Crippen LogP contribution in [-0.4, -0.2) is 28.8 Å². The molecule has 0 spiro atoms. The van der Waals surface area contributed by atoms with Gasteiger partial charge < -0.3 is 5.11 Å². The molecule has 0 atom stereocenters. The second-order valence-corrected chi connectivity index (χ2v) is 4.61. The van der Waals surface area contributed by atoms with Crippen LogP contribution < -0.4 is 9.99 Å². The van der Waals surface area contributed by atoms with Gasteiger partial charge in [-0.25, -0.2) is 9.99 Å². The average molecular weight is 315 g/mol. The number of benzene rings is 1. The molecule has 0 saturated heterocycles. The van der Waals surface area contributed by atoms with E-state index in [4.69, 9.17) is 5.11 Å². The number of non-ortho nitro benzene ring substituents is 1. The van der Waals surface area contributed by atoms with Crippen molar-refractivity contribution in [3.05, 3.63) is 70.0 Å². The first-order valence-electron chi connectivity index (χ1n) is 6.78. The van der Waals surface area contributed by atoms with Crippen LogP contribution in [0.3, 0.4) is 0 Å². The summed E-state index contributed by atoms with van der Waals surface area (Å²) in [4.78, 5) is 22.1. The molecule has 0 aliphatic rings. The van der Waals surface area contributed by atoms with Gasteiger partial charge in [-0.15, -0.1) is 0 Å². The molecule has 0 saturated carbocycles. The maximum Gasteiger partial charge on any atom is 0.277 e. The van der Waals surface area contributed by atoms with Crippen LogP contribution in [0.15, 0.2) is 53.9 Å². The van der Waals surface area contributed by atoms with E-state index < -0.39 is 10.8 Å². The van der Waals surface area contributed by atoms with E-state index in [1.54, 1.807) is 35.2 Å². The lowest BCUT2D eigenvalue weighted by Gasteiger charge is -1.99. The number of rotatable bonds is 6. The van der Waals surface area contributed by atoms with Gasteiger partial charge in [0.2, 0.25) is 0 Å². The molecule has 118 valence electrons. The number of nitro groups is 1. The first-order chi connectivity index (χ1) is 11.1. The van der Waals surface area contributed by atoms with Crippen molar-refractivity contribution in [3.63, 3.8) is 0 Å². The fourth-order valence-electron chi connectivity index (χ4n) is 1.86. The molecule has 2 N–H and O–H groups in total. The maximum absolute atomic E-state index is 12.0. The van der Waals surface area contributed by atoms with Gasteiger partial charge in [0.25, 0.3) is 11.6 Å². The van der Waals surface area contributed by atoms with Crippen LogP contribution in [0.5, 0.6) is 0 Å². The molecule has 1 amide bonds. The van der Waals surface area contributed by atoms with E-state index in [1.165, 1.54) is 24.4 Å². The van der Waals surface area contributed by atoms with Gasteiger partial charge in [-0.2, -0.15) is 5.10 Å². The third-order valence-electron chi connectivity index (χ3n) is 2.94. The Labute approximate surface area is 131 Å². The summed E-state index contributed by atoms with van der Waals surface area (Å²) in [6, 6.07) is 9.21. The molecular weight excluding hydrogens is 300 g/mol. The van der Waals surface area contributed by atoms with Crippen molar-refractivity contribution >= 4 is 17.8 Å². The number of aliphatic hydroxyl groups is 1. The van der Waals surface area contributed by atoms with Gasteiger partial charge in [-0.1, -0.05) is 12.1 Å². The van der Waals surface area contributed by atoms with Crippen LogP contribution in [-0.2, 0) is 6.54 Å². The van der Waals surface area contributed by atoms with Crippen LogP contribution >= 0.6 is 0 Å². The topological polar surface area (TPSA) is 109 Å². The van der Waals surface area contributed by atoms with E-state index in [0.29, 0.717) is 17.7 Å². The Kier molecular flexibility index (Phi) is 5.48. The minimum atomic E-state index is -0.500. The highest BCUT2D eigenvalue weighted by Crippen LogP contribution is 2.11. The lowest BCUT2D eigenvalue weighted by molar-refractivity contribution is -0.698. The molecule has 1 heterocycles. The van der Waals surface area contributed by atoms with Gasteiger partial charge in [0.05, 0.1) is 11.1 Å². The van der Waals surface area contributed by atoms with E-state index in [-0.39, 0.29) is 12.3 Å². The first kappa shape index (κ1) is 16.2. The number of aliphatic hydroxyl groups excluding tert-OH is 1. The van der Waals surface area contributed by atoms with Crippen LogP contribution in [0.1, 0.15) is 15.9 Å². The van der Waals surface area contributed by atoms with Gasteiger partial charge >= 0.3 is 0 Å². The predicted molar refractivity (Wildman–Crippen MR) is 81.9 cm³/mol. The molecule has 23 heavy (non-hydrogen) atoms. The number of carbonyl (C=O) groups excluding carboxylic acids is 1. The highest BCUT2D eigenvalue weighted by molar-refractivity contribution is 5.94. The van der Waals surface area contributed by atoms with Crippen LogP contribution in [0.2, 0.25) is 0 Å². The number of nitro benzene ring substituents is 1. The van der Waals surface area contributed by atoms with Crippen molar-refractivity contribution in [1.82, 2.24) is 5.43 Å².